The third kappa shape index (κ3) is 4.52. The Hall–Kier alpha value is -5.26. The average Bonchev–Trinajstić information content (AvgIpc) is 2.81. The van der Waals surface area contributed by atoms with E-state index in [1.54, 1.807) is 36.4 Å². The lowest BCUT2D eigenvalue weighted by Crippen LogP contribution is -1.85. The third-order valence-corrected chi connectivity index (χ3v) is 4.09. The fraction of sp³-hybridized carbons (Fsp3) is 0. The first-order valence-electron chi connectivity index (χ1n) is 8.67. The van der Waals surface area contributed by atoms with E-state index < -0.39 is 0 Å². The second kappa shape index (κ2) is 9.09. The van der Waals surface area contributed by atoms with Crippen molar-refractivity contribution in [2.75, 3.05) is 0 Å². The molecule has 134 valence electrons. The molecular formula is C26H10N4. The highest BCUT2D eigenvalue weighted by Crippen LogP contribution is 2.19. The van der Waals surface area contributed by atoms with Crippen molar-refractivity contribution in [1.29, 1.82) is 15.8 Å². The number of nitrogens with zero attached hydrogens (tertiary/aromatic N) is 4. The summed E-state index contributed by atoms with van der Waals surface area (Å²) in [7, 11) is 0. The standard InChI is InChI=1S/C26H10N4/c1-30-26-15-22(11-13-24(26)17-28)9-7-20-4-2-19(3-5-20)6-8-21-10-12-23(16-27)25(14-21)18-29/h2-5,10-15H. The molecule has 0 aliphatic carbocycles. The maximum atomic E-state index is 9.09. The van der Waals surface area contributed by atoms with Gasteiger partial charge in [0.1, 0.15) is 12.1 Å². The van der Waals surface area contributed by atoms with E-state index in [1.807, 2.05) is 42.5 Å². The van der Waals surface area contributed by atoms with Crippen LogP contribution in [0.25, 0.3) is 4.85 Å². The van der Waals surface area contributed by atoms with Crippen LogP contribution in [0.1, 0.15) is 38.9 Å². The molecule has 0 atom stereocenters. The number of hydrogen-bond donors (Lipinski definition) is 0. The molecule has 0 aliphatic heterocycles. The summed E-state index contributed by atoms with van der Waals surface area (Å²) in [5.41, 5.74) is 4.16. The van der Waals surface area contributed by atoms with Crippen molar-refractivity contribution in [2.24, 2.45) is 0 Å². The molecule has 0 radical (unpaired) electrons. The molecular weight excluding hydrogens is 368 g/mol. The zero-order valence-corrected chi connectivity index (χ0v) is 15.6. The molecule has 0 saturated heterocycles. The summed E-state index contributed by atoms with van der Waals surface area (Å²) in [4.78, 5) is 3.35. The van der Waals surface area contributed by atoms with Crippen molar-refractivity contribution in [3.8, 4) is 41.9 Å². The molecule has 0 aromatic heterocycles. The Labute approximate surface area is 174 Å². The maximum Gasteiger partial charge on any atom is 0.205 e. The quantitative estimate of drug-likeness (QED) is 0.422. The van der Waals surface area contributed by atoms with Gasteiger partial charge in [0.25, 0.3) is 0 Å². The van der Waals surface area contributed by atoms with Gasteiger partial charge in [-0.1, -0.05) is 29.7 Å². The normalized spacial score (nSPS) is 8.67. The lowest BCUT2D eigenvalue weighted by molar-refractivity contribution is 1.42. The van der Waals surface area contributed by atoms with Crippen LogP contribution in [0.15, 0.2) is 60.7 Å². The highest BCUT2D eigenvalue weighted by molar-refractivity contribution is 5.62. The number of rotatable bonds is 0. The zero-order valence-electron chi connectivity index (χ0n) is 15.6. The molecule has 0 saturated carbocycles. The minimum atomic E-state index is 0.289. The van der Waals surface area contributed by atoms with Gasteiger partial charge in [-0.05, 0) is 54.6 Å². The lowest BCUT2D eigenvalue weighted by atomic mass is 10.1. The van der Waals surface area contributed by atoms with Crippen molar-refractivity contribution in [3.63, 3.8) is 0 Å². The summed E-state index contributed by atoms with van der Waals surface area (Å²) in [6, 6.07) is 23.1. The summed E-state index contributed by atoms with van der Waals surface area (Å²) in [6.07, 6.45) is 0. The fourth-order valence-electron chi connectivity index (χ4n) is 2.53. The molecule has 0 amide bonds. The van der Waals surface area contributed by atoms with Gasteiger partial charge in [0.15, 0.2) is 0 Å². The highest BCUT2D eigenvalue weighted by atomic mass is 14.6. The summed E-state index contributed by atoms with van der Waals surface area (Å²) in [6.45, 7) is 7.13. The van der Waals surface area contributed by atoms with Gasteiger partial charge in [0, 0.05) is 22.3 Å². The van der Waals surface area contributed by atoms with Gasteiger partial charge in [-0.25, -0.2) is 4.85 Å². The third-order valence-electron chi connectivity index (χ3n) is 4.09. The Morgan fingerprint density at radius 2 is 0.967 bits per heavy atom. The molecule has 3 rings (SSSR count). The van der Waals surface area contributed by atoms with E-state index in [1.165, 1.54) is 0 Å². The molecule has 0 heterocycles. The molecule has 0 aliphatic rings. The Morgan fingerprint density at radius 3 is 1.47 bits per heavy atom. The van der Waals surface area contributed by atoms with Crippen LogP contribution >= 0.6 is 0 Å². The van der Waals surface area contributed by atoms with Crippen LogP contribution < -0.4 is 0 Å². The molecule has 0 N–H and O–H groups in total. The van der Waals surface area contributed by atoms with Crippen LogP contribution in [0.3, 0.4) is 0 Å². The first-order valence-corrected chi connectivity index (χ1v) is 8.67. The number of benzene rings is 3. The minimum Gasteiger partial charge on any atom is -0.237 e. The minimum absolute atomic E-state index is 0.289. The number of nitriles is 3. The molecule has 0 bridgehead atoms. The first kappa shape index (κ1) is 19.5. The molecule has 0 unspecified atom stereocenters. The summed E-state index contributed by atoms with van der Waals surface area (Å²) >= 11 is 0. The van der Waals surface area contributed by atoms with E-state index >= 15 is 0 Å². The van der Waals surface area contributed by atoms with Crippen molar-refractivity contribution >= 4 is 5.69 Å². The highest BCUT2D eigenvalue weighted by Gasteiger charge is 2.02. The average molecular weight is 378 g/mol. The van der Waals surface area contributed by atoms with Crippen LogP contribution in [-0.4, -0.2) is 0 Å². The van der Waals surface area contributed by atoms with Crippen LogP contribution in [0.5, 0.6) is 0 Å². The van der Waals surface area contributed by atoms with E-state index in [0.717, 1.165) is 11.1 Å². The van der Waals surface area contributed by atoms with Crippen LogP contribution in [0.4, 0.5) is 5.69 Å². The van der Waals surface area contributed by atoms with Crippen molar-refractivity contribution < 1.29 is 0 Å². The summed E-state index contributed by atoms with van der Waals surface area (Å²) in [5, 5.41) is 27.0. The topological polar surface area (TPSA) is 75.7 Å². The molecule has 0 fully saturated rings. The van der Waals surface area contributed by atoms with E-state index in [9.17, 15) is 0 Å². The van der Waals surface area contributed by atoms with E-state index in [2.05, 4.69) is 28.5 Å². The summed E-state index contributed by atoms with van der Waals surface area (Å²) in [5.74, 6) is 12.0. The van der Waals surface area contributed by atoms with Crippen molar-refractivity contribution in [3.05, 3.63) is 111 Å². The van der Waals surface area contributed by atoms with Crippen LogP contribution in [0.2, 0.25) is 0 Å². The van der Waals surface area contributed by atoms with E-state index in [0.29, 0.717) is 27.8 Å². The van der Waals surface area contributed by atoms with Gasteiger partial charge in [-0.2, -0.15) is 15.8 Å². The molecule has 3 aromatic carbocycles. The Balaban J connectivity index is 1.78. The van der Waals surface area contributed by atoms with Gasteiger partial charge >= 0.3 is 0 Å². The Kier molecular flexibility index (Phi) is 5.91. The van der Waals surface area contributed by atoms with Gasteiger partial charge in [-0.3, -0.25) is 0 Å². The Morgan fingerprint density at radius 1 is 0.533 bits per heavy atom. The molecule has 4 heteroatoms. The first-order chi connectivity index (χ1) is 14.7. The second-order valence-corrected chi connectivity index (χ2v) is 6.02. The Bertz CT molecular complexity index is 1310. The van der Waals surface area contributed by atoms with Gasteiger partial charge in [0.2, 0.25) is 5.69 Å². The summed E-state index contributed by atoms with van der Waals surface area (Å²) < 4.78 is 0. The van der Waals surface area contributed by atoms with Crippen LogP contribution in [0, 0.1) is 64.2 Å². The number of hydrogen-bond acceptors (Lipinski definition) is 3. The smallest absolute Gasteiger partial charge is 0.205 e. The molecule has 0 spiro atoms. The monoisotopic (exact) mass is 378 g/mol. The molecule has 30 heavy (non-hydrogen) atoms. The maximum absolute atomic E-state index is 9.09. The van der Waals surface area contributed by atoms with E-state index in [4.69, 9.17) is 22.4 Å². The predicted octanol–water partition coefficient (Wildman–Crippen LogP) is 4.65. The molecule has 3 aromatic rings. The SMILES string of the molecule is [C-]#[N+]c1cc(C#Cc2ccc(C#Cc3ccc(C#N)c(C#N)c3)cc2)ccc1C#N. The van der Waals surface area contributed by atoms with Gasteiger partial charge < -0.3 is 0 Å². The lowest BCUT2D eigenvalue weighted by Gasteiger charge is -1.96. The van der Waals surface area contributed by atoms with Gasteiger partial charge in [-0.15, -0.1) is 0 Å². The van der Waals surface area contributed by atoms with Gasteiger partial charge in [0.05, 0.1) is 29.3 Å². The van der Waals surface area contributed by atoms with Crippen molar-refractivity contribution in [2.45, 2.75) is 0 Å². The van der Waals surface area contributed by atoms with Crippen molar-refractivity contribution in [1.82, 2.24) is 0 Å². The fourth-order valence-corrected chi connectivity index (χ4v) is 2.53. The van der Waals surface area contributed by atoms with E-state index in [-0.39, 0.29) is 5.69 Å². The van der Waals surface area contributed by atoms with Crippen LogP contribution in [-0.2, 0) is 0 Å². The molecule has 4 nitrogen and oxygen atoms in total. The second-order valence-electron chi connectivity index (χ2n) is 6.02. The largest absolute Gasteiger partial charge is 0.237 e. The zero-order chi connectivity index (χ0) is 21.3. The predicted molar refractivity (Wildman–Crippen MR) is 112 cm³/mol.